The van der Waals surface area contributed by atoms with Gasteiger partial charge in [-0.15, -0.1) is 12.4 Å². The molecule has 2 aromatic heterocycles. The number of aromatic hydroxyl groups is 1. The summed E-state index contributed by atoms with van der Waals surface area (Å²) >= 11 is 5.80. The van der Waals surface area contributed by atoms with Gasteiger partial charge < -0.3 is 29.4 Å². The summed E-state index contributed by atoms with van der Waals surface area (Å²) in [6.07, 6.45) is 2.57. The Hall–Kier alpha value is -5.01. The third-order valence-electron chi connectivity index (χ3n) is 5.53. The number of nitrogens with one attached hydrogen (secondary N) is 1. The Morgan fingerprint density at radius 2 is 1.35 bits per heavy atom. The van der Waals surface area contributed by atoms with Crippen LogP contribution >= 0.6 is 24.0 Å². The fraction of sp³-hybridized carbons (Fsp3) is 0.143. The fourth-order valence-electron chi connectivity index (χ4n) is 3.73. The van der Waals surface area contributed by atoms with Crippen molar-refractivity contribution in [1.82, 2.24) is 19.9 Å². The Balaban J connectivity index is 0.000000247. The van der Waals surface area contributed by atoms with E-state index in [1.54, 1.807) is 24.3 Å². The van der Waals surface area contributed by atoms with Crippen molar-refractivity contribution in [2.45, 2.75) is 13.8 Å². The molecule has 3 aromatic carbocycles. The highest BCUT2D eigenvalue weighted by Gasteiger charge is 2.15. The topological polar surface area (TPSA) is 155 Å². The van der Waals surface area contributed by atoms with Crippen molar-refractivity contribution >= 4 is 69.3 Å². The Morgan fingerprint density at radius 3 is 1.91 bits per heavy atom. The highest BCUT2D eigenvalue weighted by Crippen LogP contribution is 2.36. The lowest BCUT2D eigenvalue weighted by molar-refractivity contribution is -0.132. The highest BCUT2D eigenvalue weighted by molar-refractivity contribution is 6.31. The second kappa shape index (κ2) is 14.2. The monoisotopic (exact) mass is 631 g/mol. The van der Waals surface area contributed by atoms with E-state index in [9.17, 15) is 19.1 Å². The minimum Gasteiger partial charge on any atom is -0.493 e. The summed E-state index contributed by atoms with van der Waals surface area (Å²) in [5, 5.41) is 13.4. The first-order valence-electron chi connectivity index (χ1n) is 12.0. The first-order chi connectivity index (χ1) is 20.1. The van der Waals surface area contributed by atoms with Gasteiger partial charge in [-0.05, 0) is 24.3 Å². The first-order valence-corrected chi connectivity index (χ1v) is 12.4. The molecule has 15 heteroatoms. The molecular weight excluding hydrogens is 608 g/mol. The first kappa shape index (κ1) is 32.5. The Morgan fingerprint density at radius 1 is 0.814 bits per heavy atom. The van der Waals surface area contributed by atoms with Gasteiger partial charge in [0.2, 0.25) is 5.88 Å². The van der Waals surface area contributed by atoms with E-state index in [2.05, 4.69) is 25.3 Å². The van der Waals surface area contributed by atoms with Gasteiger partial charge in [-0.2, -0.15) is 0 Å². The number of hydrogen-bond donors (Lipinski definition) is 2. The van der Waals surface area contributed by atoms with Crippen LogP contribution in [0.15, 0.2) is 55.1 Å². The molecule has 0 aliphatic carbocycles. The lowest BCUT2D eigenvalue weighted by Crippen LogP contribution is -2.04. The van der Waals surface area contributed by atoms with E-state index in [1.165, 1.54) is 58.9 Å². The van der Waals surface area contributed by atoms with Crippen LogP contribution in [0.4, 0.5) is 15.9 Å². The number of methoxy groups -OCH3 is 2. The quantitative estimate of drug-likeness (QED) is 0.172. The van der Waals surface area contributed by atoms with Gasteiger partial charge in [0.15, 0.2) is 28.8 Å². The van der Waals surface area contributed by atoms with Crippen molar-refractivity contribution in [2.75, 3.05) is 19.5 Å². The van der Waals surface area contributed by atoms with E-state index >= 15 is 0 Å². The van der Waals surface area contributed by atoms with Crippen molar-refractivity contribution in [1.29, 1.82) is 0 Å². The molecule has 0 fully saturated rings. The van der Waals surface area contributed by atoms with Gasteiger partial charge in [-0.1, -0.05) is 17.7 Å². The third-order valence-corrected chi connectivity index (χ3v) is 5.82. The normalized spacial score (nSPS) is 10.2. The van der Waals surface area contributed by atoms with E-state index in [0.29, 0.717) is 39.1 Å². The van der Waals surface area contributed by atoms with Crippen LogP contribution < -0.4 is 24.3 Å². The number of rotatable bonds is 6. The summed E-state index contributed by atoms with van der Waals surface area (Å²) in [7, 11) is 2.91. The van der Waals surface area contributed by atoms with E-state index in [1.807, 2.05) is 0 Å². The molecule has 0 bridgehead atoms. The lowest BCUT2D eigenvalue weighted by atomic mass is 10.2. The maximum absolute atomic E-state index is 14.1. The molecule has 0 aliphatic rings. The molecule has 0 saturated heterocycles. The van der Waals surface area contributed by atoms with Crippen LogP contribution in [0.2, 0.25) is 5.02 Å². The molecule has 43 heavy (non-hydrogen) atoms. The van der Waals surface area contributed by atoms with Crippen molar-refractivity contribution in [3.63, 3.8) is 0 Å². The zero-order chi connectivity index (χ0) is 30.4. The number of esters is 2. The number of carbonyl (C=O) groups is 2. The van der Waals surface area contributed by atoms with Crippen LogP contribution in [-0.2, 0) is 9.59 Å². The van der Waals surface area contributed by atoms with Crippen LogP contribution in [0.3, 0.4) is 0 Å². The number of hydrogen-bond acceptors (Lipinski definition) is 12. The standard InChI is InChI=1S/C17H13ClFN3O3.C11H10N2O4.ClH/c1-9(23)25-15-6-10-13(7-14(15)24-2)20-8-21-17(10)22-12-5-3-4-11(18)16(12)19;1-6(14)17-10-3-7-8(4-9(10)16-2)12-5-13-11(7)15;/h3-8H,1-2H3,(H,20,21,22);3-5H,1-2H3,(H,12,13,15);1H. The fourth-order valence-corrected chi connectivity index (χ4v) is 3.90. The summed E-state index contributed by atoms with van der Waals surface area (Å²) in [6, 6.07) is 10.8. The number of anilines is 2. The van der Waals surface area contributed by atoms with E-state index in [-0.39, 0.29) is 40.5 Å². The smallest absolute Gasteiger partial charge is 0.308 e. The third kappa shape index (κ3) is 7.64. The number of halogens is 3. The minimum atomic E-state index is -0.593. The molecule has 2 heterocycles. The van der Waals surface area contributed by atoms with Gasteiger partial charge in [-0.3, -0.25) is 9.59 Å². The molecule has 12 nitrogen and oxygen atoms in total. The van der Waals surface area contributed by atoms with Gasteiger partial charge in [0.25, 0.3) is 0 Å². The maximum Gasteiger partial charge on any atom is 0.308 e. The molecule has 0 saturated carbocycles. The molecule has 5 aromatic rings. The number of aromatic nitrogens is 4. The molecule has 5 rings (SSSR count). The summed E-state index contributed by atoms with van der Waals surface area (Å²) in [4.78, 5) is 38.1. The van der Waals surface area contributed by atoms with Crippen molar-refractivity contribution in [3.8, 4) is 28.9 Å². The Kier molecular flexibility index (Phi) is 10.8. The van der Waals surface area contributed by atoms with Crippen LogP contribution in [0.5, 0.6) is 28.9 Å². The molecule has 224 valence electrons. The average molecular weight is 632 g/mol. The number of benzene rings is 3. The van der Waals surface area contributed by atoms with Crippen molar-refractivity contribution < 1.29 is 38.0 Å². The molecule has 0 unspecified atom stereocenters. The second-order valence-electron chi connectivity index (χ2n) is 8.37. The predicted molar refractivity (Wildman–Crippen MR) is 158 cm³/mol. The molecular formula is C28H24Cl2FN5O7. The van der Waals surface area contributed by atoms with Crippen LogP contribution in [-0.4, -0.2) is 51.2 Å². The Labute approximate surface area is 255 Å². The summed E-state index contributed by atoms with van der Waals surface area (Å²) in [5.74, 6) is -0.251. The zero-order valence-electron chi connectivity index (χ0n) is 23.0. The van der Waals surface area contributed by atoms with E-state index in [4.69, 9.17) is 30.5 Å². The van der Waals surface area contributed by atoms with E-state index < -0.39 is 17.8 Å². The lowest BCUT2D eigenvalue weighted by Gasteiger charge is -2.13. The molecule has 0 spiro atoms. The number of carbonyl (C=O) groups excluding carboxylic acids is 2. The maximum atomic E-state index is 14.1. The minimum absolute atomic E-state index is 0. The number of ether oxygens (including phenoxy) is 4. The number of fused-ring (bicyclic) bond motifs is 2. The molecule has 0 radical (unpaired) electrons. The largest absolute Gasteiger partial charge is 0.493 e. The van der Waals surface area contributed by atoms with Crippen LogP contribution in [0.1, 0.15) is 13.8 Å². The predicted octanol–water partition coefficient (Wildman–Crippen LogP) is 5.79. The van der Waals surface area contributed by atoms with Gasteiger partial charge in [0, 0.05) is 31.4 Å². The van der Waals surface area contributed by atoms with Crippen molar-refractivity contribution in [3.05, 3.63) is 66.0 Å². The highest BCUT2D eigenvalue weighted by atomic mass is 35.5. The van der Waals surface area contributed by atoms with Gasteiger partial charge in [0.05, 0.1) is 41.3 Å². The van der Waals surface area contributed by atoms with Gasteiger partial charge >= 0.3 is 11.9 Å². The molecule has 2 N–H and O–H groups in total. The Bertz CT molecular complexity index is 1810. The van der Waals surface area contributed by atoms with Crippen LogP contribution in [0.25, 0.3) is 21.8 Å². The van der Waals surface area contributed by atoms with E-state index in [0.717, 1.165) is 0 Å². The summed E-state index contributed by atoms with van der Waals surface area (Å²) < 4.78 is 34.5. The SMILES string of the molecule is COc1cc2ncnc(Nc3cccc(Cl)c3F)c2cc1OC(C)=O.COc1cc2ncnc(O)c2cc1OC(C)=O.Cl. The summed E-state index contributed by atoms with van der Waals surface area (Å²) in [6.45, 7) is 2.57. The van der Waals surface area contributed by atoms with Crippen molar-refractivity contribution in [2.24, 2.45) is 0 Å². The van der Waals surface area contributed by atoms with Crippen LogP contribution in [0, 0.1) is 5.82 Å². The zero-order valence-corrected chi connectivity index (χ0v) is 24.6. The van der Waals surface area contributed by atoms with Gasteiger partial charge in [0.1, 0.15) is 18.5 Å². The molecule has 0 amide bonds. The number of nitrogens with zero attached hydrogens (tertiary/aromatic N) is 4. The summed E-state index contributed by atoms with van der Waals surface area (Å²) in [5.41, 5.74) is 1.20. The second-order valence-corrected chi connectivity index (χ2v) is 8.78. The molecule has 0 atom stereocenters. The molecule has 0 aliphatic heterocycles. The van der Waals surface area contributed by atoms with Gasteiger partial charge in [-0.25, -0.2) is 24.3 Å². The average Bonchev–Trinajstić information content (AvgIpc) is 2.95.